The number of aliphatic hydroxyl groups excluding tert-OH is 1. The third kappa shape index (κ3) is 2.51. The monoisotopic (exact) mass is 224 g/mol. The minimum absolute atomic E-state index is 0.216. The van der Waals surface area contributed by atoms with Gasteiger partial charge in [0.15, 0.2) is 0 Å². The molecular formula is C15H28O. The van der Waals surface area contributed by atoms with Crippen molar-refractivity contribution in [3.8, 4) is 0 Å². The number of hydrogen-bond acceptors (Lipinski definition) is 1. The first-order chi connectivity index (χ1) is 7.56. The number of aliphatic hydroxyl groups is 1. The van der Waals surface area contributed by atoms with Gasteiger partial charge in [0.05, 0.1) is 6.10 Å². The van der Waals surface area contributed by atoms with Crippen LogP contribution in [0.25, 0.3) is 0 Å². The van der Waals surface area contributed by atoms with Crippen molar-refractivity contribution in [1.29, 1.82) is 0 Å². The molecule has 0 saturated carbocycles. The first-order valence-corrected chi connectivity index (χ1v) is 6.93. The SMILES string of the molecule is CCC(C)C1C(CC)C(C)=CC(O)C1CC. The fourth-order valence-corrected chi connectivity index (χ4v) is 3.54. The van der Waals surface area contributed by atoms with Crippen LogP contribution < -0.4 is 0 Å². The zero-order valence-corrected chi connectivity index (χ0v) is 11.5. The van der Waals surface area contributed by atoms with E-state index in [2.05, 4.69) is 40.7 Å². The third-order valence-electron chi connectivity index (χ3n) is 4.63. The summed E-state index contributed by atoms with van der Waals surface area (Å²) in [6.07, 6.45) is 5.40. The molecule has 16 heavy (non-hydrogen) atoms. The molecule has 1 aliphatic rings. The first-order valence-electron chi connectivity index (χ1n) is 6.93. The number of rotatable bonds is 4. The topological polar surface area (TPSA) is 20.2 Å². The largest absolute Gasteiger partial charge is 0.389 e. The molecule has 0 aliphatic heterocycles. The van der Waals surface area contributed by atoms with Crippen LogP contribution in [-0.2, 0) is 0 Å². The molecule has 5 atom stereocenters. The molecule has 1 rings (SSSR count). The molecule has 0 amide bonds. The predicted molar refractivity (Wildman–Crippen MR) is 70.3 cm³/mol. The van der Waals surface area contributed by atoms with Gasteiger partial charge in [-0.3, -0.25) is 0 Å². The van der Waals surface area contributed by atoms with Gasteiger partial charge in [-0.25, -0.2) is 0 Å². The Hall–Kier alpha value is -0.300. The van der Waals surface area contributed by atoms with Crippen LogP contribution in [0.4, 0.5) is 0 Å². The van der Waals surface area contributed by atoms with E-state index in [9.17, 15) is 5.11 Å². The van der Waals surface area contributed by atoms with Crippen LogP contribution in [0, 0.1) is 23.7 Å². The Morgan fingerprint density at radius 1 is 1.25 bits per heavy atom. The lowest BCUT2D eigenvalue weighted by atomic mass is 9.64. The van der Waals surface area contributed by atoms with E-state index in [0.717, 1.165) is 6.42 Å². The van der Waals surface area contributed by atoms with Gasteiger partial charge in [0.1, 0.15) is 0 Å². The second-order valence-corrected chi connectivity index (χ2v) is 5.45. The third-order valence-corrected chi connectivity index (χ3v) is 4.63. The van der Waals surface area contributed by atoms with Crippen molar-refractivity contribution in [3.63, 3.8) is 0 Å². The van der Waals surface area contributed by atoms with Crippen molar-refractivity contribution in [2.45, 2.75) is 60.0 Å². The fraction of sp³-hybridized carbons (Fsp3) is 0.867. The van der Waals surface area contributed by atoms with Crippen molar-refractivity contribution in [2.24, 2.45) is 23.7 Å². The van der Waals surface area contributed by atoms with E-state index in [0.29, 0.717) is 23.7 Å². The number of allylic oxidation sites excluding steroid dienone is 1. The van der Waals surface area contributed by atoms with E-state index < -0.39 is 0 Å². The Labute approximate surface area is 101 Å². The normalized spacial score (nSPS) is 37.0. The molecule has 1 heteroatoms. The van der Waals surface area contributed by atoms with Crippen LogP contribution in [0.2, 0.25) is 0 Å². The Balaban J connectivity index is 3.00. The highest BCUT2D eigenvalue weighted by molar-refractivity contribution is 5.15. The van der Waals surface area contributed by atoms with Crippen molar-refractivity contribution in [2.75, 3.05) is 0 Å². The summed E-state index contributed by atoms with van der Waals surface area (Å²) >= 11 is 0. The highest BCUT2D eigenvalue weighted by atomic mass is 16.3. The maximum absolute atomic E-state index is 10.2. The fourth-order valence-electron chi connectivity index (χ4n) is 3.54. The molecule has 5 unspecified atom stereocenters. The van der Waals surface area contributed by atoms with Crippen LogP contribution >= 0.6 is 0 Å². The highest BCUT2D eigenvalue weighted by Gasteiger charge is 2.38. The summed E-state index contributed by atoms with van der Waals surface area (Å²) < 4.78 is 0. The van der Waals surface area contributed by atoms with Crippen molar-refractivity contribution in [3.05, 3.63) is 11.6 Å². The van der Waals surface area contributed by atoms with E-state index >= 15 is 0 Å². The molecule has 0 heterocycles. The Kier molecular flexibility index (Phi) is 5.04. The molecule has 94 valence electrons. The van der Waals surface area contributed by atoms with Crippen LogP contribution in [-0.4, -0.2) is 11.2 Å². The summed E-state index contributed by atoms with van der Waals surface area (Å²) in [6.45, 7) is 11.3. The summed E-state index contributed by atoms with van der Waals surface area (Å²) in [5, 5.41) is 10.2. The molecule has 0 radical (unpaired) electrons. The molecule has 0 fully saturated rings. The molecule has 0 bridgehead atoms. The maximum Gasteiger partial charge on any atom is 0.0754 e. The molecule has 0 spiro atoms. The van der Waals surface area contributed by atoms with E-state index in [1.165, 1.54) is 18.4 Å². The van der Waals surface area contributed by atoms with E-state index in [-0.39, 0.29) is 6.10 Å². The Morgan fingerprint density at radius 3 is 2.31 bits per heavy atom. The summed E-state index contributed by atoms with van der Waals surface area (Å²) in [7, 11) is 0. The van der Waals surface area contributed by atoms with Gasteiger partial charge in [-0.15, -0.1) is 0 Å². The average molecular weight is 224 g/mol. The van der Waals surface area contributed by atoms with E-state index in [1.54, 1.807) is 0 Å². The van der Waals surface area contributed by atoms with Crippen LogP contribution in [0.3, 0.4) is 0 Å². The molecular weight excluding hydrogens is 196 g/mol. The van der Waals surface area contributed by atoms with Gasteiger partial charge >= 0.3 is 0 Å². The van der Waals surface area contributed by atoms with Gasteiger partial charge in [0.25, 0.3) is 0 Å². The maximum atomic E-state index is 10.2. The second kappa shape index (κ2) is 5.86. The zero-order valence-electron chi connectivity index (χ0n) is 11.5. The standard InChI is InChI=1S/C15H28O/c1-6-10(4)15-12(7-2)11(5)9-14(16)13(15)8-3/h9-10,12-16H,6-8H2,1-5H3. The Morgan fingerprint density at radius 2 is 1.88 bits per heavy atom. The van der Waals surface area contributed by atoms with Crippen molar-refractivity contribution in [1.82, 2.24) is 0 Å². The van der Waals surface area contributed by atoms with Gasteiger partial charge in [-0.2, -0.15) is 0 Å². The highest BCUT2D eigenvalue weighted by Crippen LogP contribution is 2.43. The van der Waals surface area contributed by atoms with Crippen molar-refractivity contribution >= 4 is 0 Å². The molecule has 0 saturated heterocycles. The van der Waals surface area contributed by atoms with Crippen molar-refractivity contribution < 1.29 is 5.11 Å². The van der Waals surface area contributed by atoms with Crippen LogP contribution in [0.5, 0.6) is 0 Å². The first kappa shape index (κ1) is 13.8. The minimum Gasteiger partial charge on any atom is -0.389 e. The lowest BCUT2D eigenvalue weighted by molar-refractivity contribution is 0.0428. The zero-order chi connectivity index (χ0) is 12.3. The molecule has 1 aliphatic carbocycles. The summed E-state index contributed by atoms with van der Waals surface area (Å²) in [6, 6.07) is 0. The van der Waals surface area contributed by atoms with E-state index in [4.69, 9.17) is 0 Å². The molecule has 0 aromatic carbocycles. The van der Waals surface area contributed by atoms with Gasteiger partial charge < -0.3 is 5.11 Å². The quantitative estimate of drug-likeness (QED) is 0.715. The predicted octanol–water partition coefficient (Wildman–Crippen LogP) is 4.02. The smallest absolute Gasteiger partial charge is 0.0754 e. The lowest BCUT2D eigenvalue weighted by Crippen LogP contribution is -2.39. The van der Waals surface area contributed by atoms with Gasteiger partial charge in [0, 0.05) is 0 Å². The van der Waals surface area contributed by atoms with Gasteiger partial charge in [-0.05, 0) is 37.0 Å². The van der Waals surface area contributed by atoms with E-state index in [1.807, 2.05) is 0 Å². The molecule has 0 aromatic rings. The summed E-state index contributed by atoms with van der Waals surface area (Å²) in [5.74, 6) is 2.53. The minimum atomic E-state index is -0.216. The lowest BCUT2D eigenvalue weighted by Gasteiger charge is -2.43. The van der Waals surface area contributed by atoms with Crippen LogP contribution in [0.1, 0.15) is 53.9 Å². The van der Waals surface area contributed by atoms with Gasteiger partial charge in [0.2, 0.25) is 0 Å². The van der Waals surface area contributed by atoms with Gasteiger partial charge in [-0.1, -0.05) is 52.2 Å². The second-order valence-electron chi connectivity index (χ2n) is 5.45. The number of hydrogen-bond donors (Lipinski definition) is 1. The molecule has 1 nitrogen and oxygen atoms in total. The Bertz CT molecular complexity index is 244. The average Bonchev–Trinajstić information content (AvgIpc) is 2.27. The summed E-state index contributed by atoms with van der Waals surface area (Å²) in [4.78, 5) is 0. The van der Waals surface area contributed by atoms with Crippen LogP contribution in [0.15, 0.2) is 11.6 Å². The summed E-state index contributed by atoms with van der Waals surface area (Å²) in [5.41, 5.74) is 1.41. The molecule has 1 N–H and O–H groups in total. The molecule has 0 aromatic heterocycles.